The maximum atomic E-state index is 12.8. The summed E-state index contributed by atoms with van der Waals surface area (Å²) >= 11 is 0. The van der Waals surface area contributed by atoms with Gasteiger partial charge in [-0.3, -0.25) is 14.3 Å². The van der Waals surface area contributed by atoms with Gasteiger partial charge in [0.15, 0.2) is 5.69 Å². The highest BCUT2D eigenvalue weighted by atomic mass is 16.5. The van der Waals surface area contributed by atoms with Crippen molar-refractivity contribution in [1.82, 2.24) is 35.0 Å². The van der Waals surface area contributed by atoms with Crippen molar-refractivity contribution in [3.8, 4) is 0 Å². The van der Waals surface area contributed by atoms with E-state index in [-0.39, 0.29) is 23.6 Å². The number of aryl methyl sites for hydroxylation is 1. The van der Waals surface area contributed by atoms with Crippen LogP contribution in [0.5, 0.6) is 0 Å². The summed E-state index contributed by atoms with van der Waals surface area (Å²) in [5.41, 5.74) is 0.853. The number of hydrogen-bond donors (Lipinski definition) is 1. The highest BCUT2D eigenvalue weighted by molar-refractivity contribution is 5.94. The Balaban J connectivity index is 1.61. The van der Waals surface area contributed by atoms with Gasteiger partial charge in [-0.1, -0.05) is 5.21 Å². The van der Waals surface area contributed by atoms with Gasteiger partial charge in [-0.25, -0.2) is 4.68 Å². The Hall–Kier alpha value is -2.75. The third-order valence-electron chi connectivity index (χ3n) is 4.60. The number of likely N-dealkylation sites (tertiary alicyclic amines) is 1. The Morgan fingerprint density at radius 3 is 2.93 bits per heavy atom. The van der Waals surface area contributed by atoms with E-state index in [0.717, 1.165) is 19.4 Å². The van der Waals surface area contributed by atoms with Crippen LogP contribution in [0.3, 0.4) is 0 Å². The van der Waals surface area contributed by atoms with Gasteiger partial charge >= 0.3 is 0 Å². The van der Waals surface area contributed by atoms with E-state index in [2.05, 4.69) is 20.7 Å². The van der Waals surface area contributed by atoms with Gasteiger partial charge < -0.3 is 15.0 Å². The molecule has 1 N–H and O–H groups in total. The van der Waals surface area contributed by atoms with Crippen LogP contribution >= 0.6 is 0 Å². The van der Waals surface area contributed by atoms with Crippen LogP contribution in [0.15, 0.2) is 18.6 Å². The second-order valence-electron chi connectivity index (χ2n) is 6.45. The van der Waals surface area contributed by atoms with Crippen LogP contribution in [-0.4, -0.2) is 74.3 Å². The van der Waals surface area contributed by atoms with Crippen molar-refractivity contribution in [3.05, 3.63) is 29.8 Å². The van der Waals surface area contributed by atoms with Gasteiger partial charge in [0.05, 0.1) is 37.2 Å². The molecule has 1 unspecified atom stereocenters. The average molecular weight is 375 g/mol. The molecule has 0 radical (unpaired) electrons. The standard InChI is InChI=1S/C17H25N7O3/c1-3-22-10-13(9-19-22)17(26)24-7-4-5-14(24)11-23-12-15(20-21-23)16(25)18-6-8-27-2/h9-10,12,14H,3-8,11H2,1-2H3,(H,18,25). The monoisotopic (exact) mass is 375 g/mol. The molecule has 2 amide bonds. The largest absolute Gasteiger partial charge is 0.383 e. The molecular formula is C17H25N7O3. The molecule has 1 saturated heterocycles. The van der Waals surface area contributed by atoms with Crippen molar-refractivity contribution in [2.24, 2.45) is 0 Å². The first kappa shape index (κ1) is 19.0. The Bertz CT molecular complexity index is 785. The number of hydrogen-bond acceptors (Lipinski definition) is 6. The van der Waals surface area contributed by atoms with Crippen molar-refractivity contribution in [1.29, 1.82) is 0 Å². The van der Waals surface area contributed by atoms with E-state index in [1.807, 2.05) is 11.8 Å². The molecule has 10 heteroatoms. The lowest BCUT2D eigenvalue weighted by molar-refractivity contribution is 0.0720. The van der Waals surface area contributed by atoms with E-state index in [1.54, 1.807) is 35.1 Å². The predicted octanol–water partition coefficient (Wildman–Crippen LogP) is 0.176. The Labute approximate surface area is 157 Å². The lowest BCUT2D eigenvalue weighted by Gasteiger charge is -2.24. The minimum absolute atomic E-state index is 0.0187. The fourth-order valence-electron chi connectivity index (χ4n) is 3.17. The van der Waals surface area contributed by atoms with Gasteiger partial charge in [-0.15, -0.1) is 5.10 Å². The van der Waals surface area contributed by atoms with Crippen LogP contribution in [0.1, 0.15) is 40.6 Å². The zero-order valence-corrected chi connectivity index (χ0v) is 15.7. The van der Waals surface area contributed by atoms with E-state index in [9.17, 15) is 9.59 Å². The number of carbonyl (C=O) groups is 2. The topological polar surface area (TPSA) is 107 Å². The molecule has 0 bridgehead atoms. The van der Waals surface area contributed by atoms with E-state index in [4.69, 9.17) is 4.74 Å². The molecule has 1 aliphatic rings. The summed E-state index contributed by atoms with van der Waals surface area (Å²) in [7, 11) is 1.57. The highest BCUT2D eigenvalue weighted by Gasteiger charge is 2.30. The van der Waals surface area contributed by atoms with Gasteiger partial charge in [0, 0.05) is 32.9 Å². The molecule has 2 aromatic rings. The van der Waals surface area contributed by atoms with Gasteiger partial charge in [-0.05, 0) is 19.8 Å². The number of carbonyl (C=O) groups excluding carboxylic acids is 2. The van der Waals surface area contributed by atoms with E-state index < -0.39 is 0 Å². The molecule has 1 atom stereocenters. The summed E-state index contributed by atoms with van der Waals surface area (Å²) in [4.78, 5) is 26.6. The normalized spacial score (nSPS) is 16.7. The fraction of sp³-hybridized carbons (Fsp3) is 0.588. The number of aromatic nitrogens is 5. The number of amides is 2. The van der Waals surface area contributed by atoms with Crippen LogP contribution in [0, 0.1) is 0 Å². The lowest BCUT2D eigenvalue weighted by atomic mass is 10.2. The van der Waals surface area contributed by atoms with Crippen molar-refractivity contribution < 1.29 is 14.3 Å². The maximum absolute atomic E-state index is 12.8. The number of methoxy groups -OCH3 is 1. The smallest absolute Gasteiger partial charge is 0.273 e. The number of nitrogens with zero attached hydrogens (tertiary/aromatic N) is 6. The van der Waals surface area contributed by atoms with Crippen LogP contribution < -0.4 is 5.32 Å². The molecular weight excluding hydrogens is 350 g/mol. The first-order valence-electron chi connectivity index (χ1n) is 9.13. The Morgan fingerprint density at radius 1 is 1.33 bits per heavy atom. The fourth-order valence-corrected chi connectivity index (χ4v) is 3.17. The molecule has 3 heterocycles. The van der Waals surface area contributed by atoms with E-state index in [1.165, 1.54) is 0 Å². The van der Waals surface area contributed by atoms with Crippen molar-refractivity contribution >= 4 is 11.8 Å². The number of rotatable bonds is 8. The summed E-state index contributed by atoms with van der Waals surface area (Å²) < 4.78 is 8.26. The third kappa shape index (κ3) is 4.51. The summed E-state index contributed by atoms with van der Waals surface area (Å²) in [6.45, 7) is 4.77. The number of ether oxygens (including phenoxy) is 1. The van der Waals surface area contributed by atoms with Crippen molar-refractivity contribution in [2.75, 3.05) is 26.8 Å². The molecule has 0 aromatic carbocycles. The summed E-state index contributed by atoms with van der Waals surface area (Å²) in [5.74, 6) is -0.306. The van der Waals surface area contributed by atoms with Crippen LogP contribution in [0.4, 0.5) is 0 Å². The summed E-state index contributed by atoms with van der Waals surface area (Å²) in [6.07, 6.45) is 6.83. The first-order chi connectivity index (χ1) is 13.1. The second-order valence-corrected chi connectivity index (χ2v) is 6.45. The third-order valence-corrected chi connectivity index (χ3v) is 4.60. The van der Waals surface area contributed by atoms with Crippen LogP contribution in [0.2, 0.25) is 0 Å². The zero-order chi connectivity index (χ0) is 19.2. The molecule has 0 aliphatic carbocycles. The van der Waals surface area contributed by atoms with Gasteiger partial charge in [-0.2, -0.15) is 5.10 Å². The molecule has 0 spiro atoms. The lowest BCUT2D eigenvalue weighted by Crippen LogP contribution is -2.38. The SMILES string of the molecule is CCn1cc(C(=O)N2CCCC2Cn2cc(C(=O)NCCOC)nn2)cn1. The van der Waals surface area contributed by atoms with Crippen molar-refractivity contribution in [3.63, 3.8) is 0 Å². The Kier molecular flexibility index (Phi) is 6.17. The average Bonchev–Trinajstić information content (AvgIpc) is 3.42. The molecule has 10 nitrogen and oxygen atoms in total. The molecule has 1 aliphatic heterocycles. The Morgan fingerprint density at radius 2 is 2.19 bits per heavy atom. The quantitative estimate of drug-likeness (QED) is 0.660. The summed E-state index contributed by atoms with van der Waals surface area (Å²) in [5, 5.41) is 14.8. The van der Waals surface area contributed by atoms with E-state index >= 15 is 0 Å². The molecule has 0 saturated carbocycles. The number of nitrogens with one attached hydrogen (secondary N) is 1. The molecule has 27 heavy (non-hydrogen) atoms. The molecule has 146 valence electrons. The molecule has 2 aromatic heterocycles. The van der Waals surface area contributed by atoms with Gasteiger partial charge in [0.2, 0.25) is 0 Å². The summed E-state index contributed by atoms with van der Waals surface area (Å²) in [6, 6.07) is 0.0218. The van der Waals surface area contributed by atoms with Crippen LogP contribution in [0.25, 0.3) is 0 Å². The van der Waals surface area contributed by atoms with E-state index in [0.29, 0.717) is 31.8 Å². The first-order valence-corrected chi connectivity index (χ1v) is 9.13. The van der Waals surface area contributed by atoms with Crippen LogP contribution in [-0.2, 0) is 17.8 Å². The predicted molar refractivity (Wildman–Crippen MR) is 96.2 cm³/mol. The minimum atomic E-state index is -0.287. The van der Waals surface area contributed by atoms with Gasteiger partial charge in [0.25, 0.3) is 11.8 Å². The molecule has 1 fully saturated rings. The minimum Gasteiger partial charge on any atom is -0.383 e. The van der Waals surface area contributed by atoms with Gasteiger partial charge in [0.1, 0.15) is 0 Å². The zero-order valence-electron chi connectivity index (χ0n) is 15.7. The second kappa shape index (κ2) is 8.76. The van der Waals surface area contributed by atoms with Crippen molar-refractivity contribution in [2.45, 2.75) is 38.9 Å². The molecule has 3 rings (SSSR count). The highest BCUT2D eigenvalue weighted by Crippen LogP contribution is 2.21. The maximum Gasteiger partial charge on any atom is 0.273 e.